The van der Waals surface area contributed by atoms with E-state index >= 15 is 0 Å². The first-order valence-electron chi connectivity index (χ1n) is 8.50. The summed E-state index contributed by atoms with van der Waals surface area (Å²) in [5.41, 5.74) is 0.230. The van der Waals surface area contributed by atoms with Gasteiger partial charge in [0.2, 0.25) is 0 Å². The standard InChI is InChI=1S/C21H20ClNO2S2/c1-21(2,3)18(24)12-19-23(13-14-7-4-5-9-16(14)22)20(25)17(27-19)11-15-8-6-10-26-15/h4-12H,13H2,1-3H3/b17-11-,19-12+. The molecule has 0 aliphatic rings. The molecule has 0 N–H and O–H groups in total. The van der Waals surface area contributed by atoms with Crippen LogP contribution in [-0.4, -0.2) is 10.4 Å². The van der Waals surface area contributed by atoms with Gasteiger partial charge in [0, 0.05) is 21.4 Å². The van der Waals surface area contributed by atoms with Gasteiger partial charge in [0.25, 0.3) is 5.56 Å². The lowest BCUT2D eigenvalue weighted by molar-refractivity contribution is -0.120. The van der Waals surface area contributed by atoms with Gasteiger partial charge in [-0.05, 0) is 29.2 Å². The van der Waals surface area contributed by atoms with Gasteiger partial charge in [-0.25, -0.2) is 0 Å². The molecule has 3 aromatic rings. The zero-order valence-electron chi connectivity index (χ0n) is 15.4. The maximum atomic E-state index is 13.0. The molecule has 140 valence electrons. The molecule has 0 saturated heterocycles. The van der Waals surface area contributed by atoms with Crippen molar-refractivity contribution < 1.29 is 4.79 Å². The van der Waals surface area contributed by atoms with Crippen molar-refractivity contribution in [2.45, 2.75) is 27.3 Å². The first-order valence-corrected chi connectivity index (χ1v) is 10.6. The molecule has 0 fully saturated rings. The number of aromatic nitrogens is 1. The quantitative estimate of drug-likeness (QED) is 0.645. The highest BCUT2D eigenvalue weighted by Gasteiger charge is 2.19. The topological polar surface area (TPSA) is 39.1 Å². The summed E-state index contributed by atoms with van der Waals surface area (Å²) in [7, 11) is 0. The lowest BCUT2D eigenvalue weighted by atomic mass is 9.91. The number of hydrogen-bond acceptors (Lipinski definition) is 4. The second kappa shape index (κ2) is 7.97. The normalized spacial score (nSPS) is 13.3. The van der Waals surface area contributed by atoms with Gasteiger partial charge in [-0.1, -0.05) is 56.6 Å². The highest BCUT2D eigenvalue weighted by Crippen LogP contribution is 2.16. The minimum atomic E-state index is -0.507. The molecular weight excluding hydrogens is 398 g/mol. The van der Waals surface area contributed by atoms with Crippen LogP contribution in [0.15, 0.2) is 46.6 Å². The average molecular weight is 418 g/mol. The molecule has 2 heterocycles. The lowest BCUT2D eigenvalue weighted by Gasteiger charge is -2.13. The largest absolute Gasteiger partial charge is 0.294 e. The lowest BCUT2D eigenvalue weighted by Crippen LogP contribution is -2.33. The monoisotopic (exact) mass is 417 g/mol. The Hall–Kier alpha value is -1.95. The smallest absolute Gasteiger partial charge is 0.269 e. The molecule has 0 spiro atoms. The number of benzene rings is 1. The van der Waals surface area contributed by atoms with Crippen molar-refractivity contribution in [3.05, 3.63) is 76.8 Å². The Kier molecular flexibility index (Phi) is 5.84. The van der Waals surface area contributed by atoms with E-state index in [1.165, 1.54) is 11.3 Å². The highest BCUT2D eigenvalue weighted by molar-refractivity contribution is 7.11. The van der Waals surface area contributed by atoms with E-state index in [4.69, 9.17) is 11.6 Å². The van der Waals surface area contributed by atoms with E-state index in [1.807, 2.05) is 62.6 Å². The van der Waals surface area contributed by atoms with Crippen LogP contribution in [0, 0.1) is 5.41 Å². The third-order valence-corrected chi connectivity index (χ3v) is 6.28. The minimum absolute atomic E-state index is 0.0145. The van der Waals surface area contributed by atoms with Crippen LogP contribution >= 0.6 is 34.3 Å². The van der Waals surface area contributed by atoms with Crippen molar-refractivity contribution in [2.24, 2.45) is 5.41 Å². The summed E-state index contributed by atoms with van der Waals surface area (Å²) in [6, 6.07) is 11.4. The number of rotatable bonds is 4. The van der Waals surface area contributed by atoms with Crippen molar-refractivity contribution in [1.29, 1.82) is 0 Å². The molecule has 1 aromatic carbocycles. The van der Waals surface area contributed by atoms with Crippen LogP contribution in [0.1, 0.15) is 31.2 Å². The summed E-state index contributed by atoms with van der Waals surface area (Å²) in [6.07, 6.45) is 3.45. The van der Waals surface area contributed by atoms with E-state index in [0.29, 0.717) is 20.8 Å². The molecule has 27 heavy (non-hydrogen) atoms. The third kappa shape index (κ3) is 4.67. The summed E-state index contributed by atoms with van der Waals surface area (Å²) >= 11 is 9.19. The predicted molar refractivity (Wildman–Crippen MR) is 115 cm³/mol. The number of carbonyl (C=O) groups is 1. The maximum absolute atomic E-state index is 13.0. The van der Waals surface area contributed by atoms with E-state index < -0.39 is 5.41 Å². The molecule has 0 amide bonds. The van der Waals surface area contributed by atoms with Crippen LogP contribution in [0.25, 0.3) is 12.2 Å². The SMILES string of the molecule is CC(C)(C)C(=O)/C=c1/s/c(=C\c2cccs2)c(=O)n1Cc1ccccc1Cl. The van der Waals surface area contributed by atoms with Gasteiger partial charge in [-0.3, -0.25) is 14.2 Å². The minimum Gasteiger partial charge on any atom is -0.294 e. The molecule has 6 heteroatoms. The number of ketones is 1. The molecule has 3 nitrogen and oxygen atoms in total. The van der Waals surface area contributed by atoms with Gasteiger partial charge in [-0.15, -0.1) is 22.7 Å². The van der Waals surface area contributed by atoms with Crippen LogP contribution in [-0.2, 0) is 11.3 Å². The second-order valence-corrected chi connectivity index (χ2v) is 9.65. The van der Waals surface area contributed by atoms with Crippen LogP contribution in [0.3, 0.4) is 0 Å². The number of Topliss-reactive ketones (excluding diaryl/α,β-unsaturated/α-hetero) is 1. The van der Waals surface area contributed by atoms with Gasteiger partial charge in [0.05, 0.1) is 11.1 Å². The number of halogens is 1. The molecule has 0 radical (unpaired) electrons. The molecule has 0 aliphatic carbocycles. The Morgan fingerprint density at radius 3 is 2.56 bits per heavy atom. The Balaban J connectivity index is 2.19. The van der Waals surface area contributed by atoms with Crippen molar-refractivity contribution in [3.63, 3.8) is 0 Å². The molecule has 0 aliphatic heterocycles. The molecule has 0 atom stereocenters. The molecular formula is C21H20ClNO2S2. The number of carbonyl (C=O) groups excluding carboxylic acids is 1. The first-order chi connectivity index (χ1) is 12.8. The molecule has 0 unspecified atom stereocenters. The summed E-state index contributed by atoms with van der Waals surface area (Å²) < 4.78 is 2.88. The van der Waals surface area contributed by atoms with Gasteiger partial charge < -0.3 is 0 Å². The fraction of sp³-hybridized carbons (Fsp3) is 0.238. The van der Waals surface area contributed by atoms with E-state index in [2.05, 4.69) is 0 Å². The highest BCUT2D eigenvalue weighted by atomic mass is 35.5. The first kappa shape index (κ1) is 19.8. The Labute approximate surface area is 170 Å². The van der Waals surface area contributed by atoms with Crippen LogP contribution < -0.4 is 14.8 Å². The zero-order chi connectivity index (χ0) is 19.6. The Morgan fingerprint density at radius 1 is 1.19 bits per heavy atom. The van der Waals surface area contributed by atoms with E-state index in [-0.39, 0.29) is 11.3 Å². The van der Waals surface area contributed by atoms with Crippen LogP contribution in [0.5, 0.6) is 0 Å². The summed E-state index contributed by atoms with van der Waals surface area (Å²) in [4.78, 5) is 26.6. The van der Waals surface area contributed by atoms with Crippen LogP contribution in [0.4, 0.5) is 0 Å². The van der Waals surface area contributed by atoms with E-state index in [0.717, 1.165) is 10.4 Å². The van der Waals surface area contributed by atoms with Crippen LogP contribution in [0.2, 0.25) is 5.02 Å². The number of nitrogens with zero attached hydrogens (tertiary/aromatic N) is 1. The van der Waals surface area contributed by atoms with Gasteiger partial charge in [0.1, 0.15) is 4.66 Å². The molecule has 3 rings (SSSR count). The van der Waals surface area contributed by atoms with Crippen molar-refractivity contribution >= 4 is 52.2 Å². The molecule has 0 bridgehead atoms. The van der Waals surface area contributed by atoms with E-state index in [9.17, 15) is 9.59 Å². The number of hydrogen-bond donors (Lipinski definition) is 0. The number of thiazole rings is 1. The second-order valence-electron chi connectivity index (χ2n) is 7.21. The maximum Gasteiger partial charge on any atom is 0.269 e. The molecule has 2 aromatic heterocycles. The van der Waals surface area contributed by atoms with Crippen molar-refractivity contribution in [1.82, 2.24) is 4.57 Å². The Morgan fingerprint density at radius 2 is 1.93 bits per heavy atom. The average Bonchev–Trinajstić information content (AvgIpc) is 3.20. The number of thiophene rings is 1. The molecule has 0 saturated carbocycles. The summed E-state index contributed by atoms with van der Waals surface area (Å²) in [5, 5.41) is 2.57. The predicted octanol–water partition coefficient (Wildman–Crippen LogP) is 3.90. The Bertz CT molecular complexity index is 1130. The fourth-order valence-corrected chi connectivity index (χ4v) is 4.38. The van der Waals surface area contributed by atoms with Gasteiger partial charge in [-0.2, -0.15) is 0 Å². The van der Waals surface area contributed by atoms with Gasteiger partial charge in [0.15, 0.2) is 5.78 Å². The van der Waals surface area contributed by atoms with Gasteiger partial charge >= 0.3 is 0 Å². The third-order valence-electron chi connectivity index (χ3n) is 4.03. The summed E-state index contributed by atoms with van der Waals surface area (Å²) in [6.45, 7) is 5.94. The zero-order valence-corrected chi connectivity index (χ0v) is 17.8. The summed E-state index contributed by atoms with van der Waals surface area (Å²) in [5.74, 6) is -0.0145. The fourth-order valence-electron chi connectivity index (χ4n) is 2.42. The van der Waals surface area contributed by atoms with Crippen molar-refractivity contribution in [2.75, 3.05) is 0 Å². The van der Waals surface area contributed by atoms with E-state index in [1.54, 1.807) is 28.0 Å². The van der Waals surface area contributed by atoms with Crippen molar-refractivity contribution in [3.8, 4) is 0 Å².